The third-order valence-corrected chi connectivity index (χ3v) is 9.67. The second kappa shape index (κ2) is 11.4. The first-order valence-electron chi connectivity index (χ1n) is 16.1. The Morgan fingerprint density at radius 3 is 1.63 bits per heavy atom. The van der Waals surface area contributed by atoms with Gasteiger partial charge in [-0.15, -0.1) is 0 Å². The normalized spacial score (nSPS) is 14.9. The van der Waals surface area contributed by atoms with Crippen molar-refractivity contribution < 1.29 is 0 Å². The molecule has 0 radical (unpaired) electrons. The van der Waals surface area contributed by atoms with Gasteiger partial charge in [0.15, 0.2) is 5.82 Å². The molecular formula is C44H34N2. The van der Waals surface area contributed by atoms with Crippen LogP contribution in [0.5, 0.6) is 0 Å². The van der Waals surface area contributed by atoms with E-state index in [-0.39, 0.29) is 5.41 Å². The van der Waals surface area contributed by atoms with Crippen molar-refractivity contribution in [3.8, 4) is 67.3 Å². The van der Waals surface area contributed by atoms with Crippen molar-refractivity contribution >= 4 is 0 Å². The first-order chi connectivity index (χ1) is 22.6. The van der Waals surface area contributed by atoms with Crippen LogP contribution in [0, 0.1) is 0 Å². The third kappa shape index (κ3) is 4.74. The molecule has 0 spiro atoms. The highest BCUT2D eigenvalue weighted by Crippen LogP contribution is 2.53. The number of fused-ring (bicyclic) bond motifs is 3. The van der Waals surface area contributed by atoms with Gasteiger partial charge >= 0.3 is 0 Å². The van der Waals surface area contributed by atoms with Gasteiger partial charge in [0.1, 0.15) is 0 Å². The maximum atomic E-state index is 5.01. The zero-order valence-corrected chi connectivity index (χ0v) is 26.1. The fraction of sp³-hybridized carbons (Fsp3) is 0.0909. The van der Waals surface area contributed by atoms with E-state index in [4.69, 9.17) is 9.97 Å². The van der Waals surface area contributed by atoms with E-state index in [2.05, 4.69) is 135 Å². The Morgan fingerprint density at radius 2 is 0.957 bits per heavy atom. The number of nitrogens with zero attached hydrogens (tertiary/aromatic N) is 2. The zero-order chi connectivity index (χ0) is 31.1. The molecule has 1 atom stereocenters. The minimum Gasteiger partial charge on any atom is -0.228 e. The third-order valence-electron chi connectivity index (χ3n) is 9.67. The van der Waals surface area contributed by atoms with E-state index < -0.39 is 0 Å². The molecule has 6 aromatic carbocycles. The van der Waals surface area contributed by atoms with Crippen LogP contribution in [-0.4, -0.2) is 9.97 Å². The number of hydrogen-bond donors (Lipinski definition) is 0. The minimum absolute atomic E-state index is 0.0235. The van der Waals surface area contributed by atoms with Gasteiger partial charge in [-0.25, -0.2) is 9.97 Å². The van der Waals surface area contributed by atoms with Crippen molar-refractivity contribution in [2.24, 2.45) is 0 Å². The van der Waals surface area contributed by atoms with E-state index in [1.165, 1.54) is 44.5 Å². The first-order valence-corrected chi connectivity index (χ1v) is 16.1. The second-order valence-electron chi connectivity index (χ2n) is 12.3. The minimum atomic E-state index is 0.0235. The van der Waals surface area contributed by atoms with Crippen LogP contribution in [0.15, 0.2) is 158 Å². The van der Waals surface area contributed by atoms with Crippen molar-refractivity contribution in [3.63, 3.8) is 0 Å². The molecule has 0 fully saturated rings. The molecule has 0 saturated carbocycles. The Bertz CT molecular complexity index is 2130. The van der Waals surface area contributed by atoms with Crippen LogP contribution in [0.2, 0.25) is 0 Å². The molecule has 2 heteroatoms. The number of benzene rings is 6. The molecule has 2 nitrogen and oxygen atoms in total. The van der Waals surface area contributed by atoms with Crippen molar-refractivity contribution in [3.05, 3.63) is 169 Å². The maximum absolute atomic E-state index is 5.01. The molecule has 7 aromatic rings. The van der Waals surface area contributed by atoms with Crippen molar-refractivity contribution in [1.29, 1.82) is 0 Å². The molecule has 46 heavy (non-hydrogen) atoms. The molecule has 8 rings (SSSR count). The summed E-state index contributed by atoms with van der Waals surface area (Å²) in [7, 11) is 0. The molecule has 0 N–H and O–H groups in total. The van der Waals surface area contributed by atoms with Crippen LogP contribution in [0.4, 0.5) is 0 Å². The van der Waals surface area contributed by atoms with Crippen molar-refractivity contribution in [1.82, 2.24) is 9.97 Å². The predicted octanol–water partition coefficient (Wildman–Crippen LogP) is 11.5. The highest BCUT2D eigenvalue weighted by Gasteiger charge is 2.38. The number of aromatic nitrogens is 2. The van der Waals surface area contributed by atoms with E-state index in [0.717, 1.165) is 40.3 Å². The van der Waals surface area contributed by atoms with Crippen LogP contribution in [0.25, 0.3) is 67.3 Å². The fourth-order valence-electron chi connectivity index (χ4n) is 7.02. The lowest BCUT2D eigenvalue weighted by Gasteiger charge is -2.25. The van der Waals surface area contributed by atoms with Gasteiger partial charge in [-0.3, -0.25) is 0 Å². The quantitative estimate of drug-likeness (QED) is 0.192. The fourth-order valence-corrected chi connectivity index (χ4v) is 7.02. The summed E-state index contributed by atoms with van der Waals surface area (Å²) in [4.78, 5) is 10.0. The number of hydrogen-bond acceptors (Lipinski definition) is 2. The molecule has 220 valence electrons. The topological polar surface area (TPSA) is 25.8 Å². The molecule has 0 saturated heterocycles. The van der Waals surface area contributed by atoms with E-state index >= 15 is 0 Å². The van der Waals surface area contributed by atoms with E-state index in [1.807, 2.05) is 36.4 Å². The standard InChI is InChI=1S/C44H34N2/c1-3-44(2)38-22-11-10-20-37(38)42-36(21-13-23-39(42)44)35-19-12-18-34(28-35)30-24-26-33(27-25-30)43-45-40(31-14-6-4-7-15-31)29-41(46-43)32-16-8-5-9-17-32/h4-29H,3H2,1-2H3. The highest BCUT2D eigenvalue weighted by molar-refractivity contribution is 5.93. The monoisotopic (exact) mass is 590 g/mol. The smallest absolute Gasteiger partial charge is 0.160 e. The van der Waals surface area contributed by atoms with Gasteiger partial charge in [-0.1, -0.05) is 159 Å². The molecule has 1 unspecified atom stereocenters. The molecule has 1 heterocycles. The summed E-state index contributed by atoms with van der Waals surface area (Å²) in [6.45, 7) is 4.69. The van der Waals surface area contributed by atoms with Crippen LogP contribution in [0.3, 0.4) is 0 Å². The maximum Gasteiger partial charge on any atom is 0.160 e. The first kappa shape index (κ1) is 27.9. The average molecular weight is 591 g/mol. The van der Waals surface area contributed by atoms with E-state index in [0.29, 0.717) is 0 Å². The lowest BCUT2D eigenvalue weighted by Crippen LogP contribution is -2.18. The zero-order valence-electron chi connectivity index (χ0n) is 26.1. The van der Waals surface area contributed by atoms with E-state index in [9.17, 15) is 0 Å². The molecule has 1 aliphatic carbocycles. The van der Waals surface area contributed by atoms with Gasteiger partial charge in [-0.05, 0) is 63.1 Å². The molecule has 0 amide bonds. The van der Waals surface area contributed by atoms with Gasteiger partial charge in [0.05, 0.1) is 11.4 Å². The summed E-state index contributed by atoms with van der Waals surface area (Å²) in [6.07, 6.45) is 1.07. The Labute approximate surface area is 271 Å². The molecule has 0 aliphatic heterocycles. The summed E-state index contributed by atoms with van der Waals surface area (Å²) in [5, 5.41) is 0. The van der Waals surface area contributed by atoms with Gasteiger partial charge in [0, 0.05) is 22.1 Å². The Balaban J connectivity index is 1.17. The highest BCUT2D eigenvalue weighted by atomic mass is 14.9. The predicted molar refractivity (Wildman–Crippen MR) is 191 cm³/mol. The molecule has 1 aliphatic rings. The Hall–Kier alpha value is -5.60. The largest absolute Gasteiger partial charge is 0.228 e. The number of rotatable bonds is 6. The molecule has 1 aromatic heterocycles. The lowest BCUT2D eigenvalue weighted by molar-refractivity contribution is 0.564. The van der Waals surface area contributed by atoms with Crippen LogP contribution < -0.4 is 0 Å². The van der Waals surface area contributed by atoms with Crippen molar-refractivity contribution in [2.45, 2.75) is 25.7 Å². The Morgan fingerprint density at radius 1 is 0.435 bits per heavy atom. The summed E-state index contributed by atoms with van der Waals surface area (Å²) in [5.74, 6) is 0.720. The van der Waals surface area contributed by atoms with Crippen LogP contribution >= 0.6 is 0 Å². The average Bonchev–Trinajstić information content (AvgIpc) is 3.41. The summed E-state index contributed by atoms with van der Waals surface area (Å²) in [6, 6.07) is 56.1. The van der Waals surface area contributed by atoms with E-state index in [1.54, 1.807) is 0 Å². The summed E-state index contributed by atoms with van der Waals surface area (Å²) < 4.78 is 0. The van der Waals surface area contributed by atoms with Gasteiger partial charge in [-0.2, -0.15) is 0 Å². The second-order valence-corrected chi connectivity index (χ2v) is 12.3. The van der Waals surface area contributed by atoms with Crippen LogP contribution in [0.1, 0.15) is 31.4 Å². The molecular weight excluding hydrogens is 556 g/mol. The van der Waals surface area contributed by atoms with Gasteiger partial charge < -0.3 is 0 Å². The van der Waals surface area contributed by atoms with Gasteiger partial charge in [0.25, 0.3) is 0 Å². The van der Waals surface area contributed by atoms with Crippen LogP contribution in [-0.2, 0) is 5.41 Å². The Kier molecular flexibility index (Phi) is 6.92. The molecule has 0 bridgehead atoms. The van der Waals surface area contributed by atoms with Crippen molar-refractivity contribution in [2.75, 3.05) is 0 Å². The van der Waals surface area contributed by atoms with Gasteiger partial charge in [0.2, 0.25) is 0 Å². The summed E-state index contributed by atoms with van der Waals surface area (Å²) >= 11 is 0. The summed E-state index contributed by atoms with van der Waals surface area (Å²) in [5.41, 5.74) is 15.5. The SMILES string of the molecule is CCC1(C)c2ccccc2-c2c(-c3cccc(-c4ccc(-c5nc(-c6ccccc6)cc(-c6ccccc6)n5)cc4)c3)cccc21. The lowest BCUT2D eigenvalue weighted by atomic mass is 9.77.